The van der Waals surface area contributed by atoms with Crippen LogP contribution in [0.1, 0.15) is 43.8 Å². The summed E-state index contributed by atoms with van der Waals surface area (Å²) in [5.74, 6) is 0.847. The second kappa shape index (κ2) is 6.01. The lowest BCUT2D eigenvalue weighted by Crippen LogP contribution is -2.18. The molecule has 1 atom stereocenters. The highest BCUT2D eigenvalue weighted by atomic mass is 15.1. The summed E-state index contributed by atoms with van der Waals surface area (Å²) in [6.07, 6.45) is 3.75. The molecule has 3 heteroatoms. The van der Waals surface area contributed by atoms with Gasteiger partial charge in [0.15, 0.2) is 0 Å². The van der Waals surface area contributed by atoms with Crippen LogP contribution in [0.15, 0.2) is 67.0 Å². The van der Waals surface area contributed by atoms with E-state index in [1.165, 1.54) is 5.56 Å². The van der Waals surface area contributed by atoms with Crippen molar-refractivity contribution in [2.45, 2.75) is 32.2 Å². The van der Waals surface area contributed by atoms with E-state index in [0.717, 1.165) is 17.1 Å². The van der Waals surface area contributed by atoms with Crippen LogP contribution in [0.2, 0.25) is 0 Å². The molecule has 0 fully saturated rings. The van der Waals surface area contributed by atoms with E-state index in [-0.39, 0.29) is 11.5 Å². The quantitative estimate of drug-likeness (QED) is 0.787. The van der Waals surface area contributed by atoms with Crippen molar-refractivity contribution in [2.24, 2.45) is 5.73 Å². The summed E-state index contributed by atoms with van der Waals surface area (Å²) in [5, 5.41) is 0. The van der Waals surface area contributed by atoms with Crippen molar-refractivity contribution in [1.29, 1.82) is 0 Å². The Morgan fingerprint density at radius 1 is 0.957 bits per heavy atom. The summed E-state index contributed by atoms with van der Waals surface area (Å²) in [5.41, 5.74) is 10.1. The lowest BCUT2D eigenvalue weighted by Gasteiger charge is -2.20. The van der Waals surface area contributed by atoms with Crippen LogP contribution >= 0.6 is 0 Å². The molecule has 1 heterocycles. The molecule has 0 amide bonds. The van der Waals surface area contributed by atoms with Gasteiger partial charge in [-0.2, -0.15) is 0 Å². The van der Waals surface area contributed by atoms with E-state index >= 15 is 0 Å². The number of para-hydroxylation sites is 1. The van der Waals surface area contributed by atoms with Crippen molar-refractivity contribution < 1.29 is 0 Å². The molecule has 0 bridgehead atoms. The second-order valence-corrected chi connectivity index (χ2v) is 6.84. The number of aromatic nitrogens is 2. The molecule has 118 valence electrons. The Bertz CT molecular complexity index is 765. The lowest BCUT2D eigenvalue weighted by atomic mass is 9.86. The average Bonchev–Trinajstić information content (AvgIpc) is 3.04. The van der Waals surface area contributed by atoms with Crippen molar-refractivity contribution >= 4 is 0 Å². The van der Waals surface area contributed by atoms with Crippen molar-refractivity contribution in [3.63, 3.8) is 0 Å². The molecule has 3 rings (SSSR count). The van der Waals surface area contributed by atoms with E-state index in [9.17, 15) is 0 Å². The highest BCUT2D eigenvalue weighted by Crippen LogP contribution is 2.26. The van der Waals surface area contributed by atoms with Gasteiger partial charge >= 0.3 is 0 Å². The van der Waals surface area contributed by atoms with Gasteiger partial charge in [-0.15, -0.1) is 0 Å². The molecule has 0 aliphatic rings. The zero-order valence-corrected chi connectivity index (χ0v) is 13.9. The molecule has 3 nitrogen and oxygen atoms in total. The summed E-state index contributed by atoms with van der Waals surface area (Å²) < 4.78 is 2.04. The zero-order chi connectivity index (χ0) is 16.4. The van der Waals surface area contributed by atoms with E-state index in [4.69, 9.17) is 5.73 Å². The van der Waals surface area contributed by atoms with E-state index in [1.54, 1.807) is 6.20 Å². The first-order chi connectivity index (χ1) is 11.0. The minimum atomic E-state index is -0.251. The fraction of sp³-hybridized carbons (Fsp3) is 0.250. The number of nitrogens with zero attached hydrogens (tertiary/aromatic N) is 2. The van der Waals surface area contributed by atoms with Crippen molar-refractivity contribution in [3.05, 3.63) is 83.9 Å². The van der Waals surface area contributed by atoms with Gasteiger partial charge in [0.05, 0.1) is 6.04 Å². The number of nitrogens with two attached hydrogens (primary N) is 1. The molecule has 0 radical (unpaired) electrons. The number of hydrogen-bond donors (Lipinski definition) is 1. The first-order valence-electron chi connectivity index (χ1n) is 7.91. The van der Waals surface area contributed by atoms with Crippen molar-refractivity contribution in [1.82, 2.24) is 9.55 Å². The predicted molar refractivity (Wildman–Crippen MR) is 94.7 cm³/mol. The Balaban J connectivity index is 1.93. The summed E-state index contributed by atoms with van der Waals surface area (Å²) in [6, 6.07) is 18.4. The fourth-order valence-electron chi connectivity index (χ4n) is 2.69. The van der Waals surface area contributed by atoms with Crippen LogP contribution in [0.25, 0.3) is 5.69 Å². The molecule has 0 saturated carbocycles. The number of imidazole rings is 1. The van der Waals surface area contributed by atoms with E-state index in [1.807, 2.05) is 29.0 Å². The van der Waals surface area contributed by atoms with Gasteiger partial charge in [0.1, 0.15) is 5.82 Å². The summed E-state index contributed by atoms with van der Waals surface area (Å²) >= 11 is 0. The minimum Gasteiger partial charge on any atom is -0.318 e. The van der Waals surface area contributed by atoms with E-state index in [2.05, 4.69) is 62.2 Å². The largest absolute Gasteiger partial charge is 0.318 e. The molecule has 23 heavy (non-hydrogen) atoms. The number of hydrogen-bond acceptors (Lipinski definition) is 2. The van der Waals surface area contributed by atoms with Crippen LogP contribution in [0.3, 0.4) is 0 Å². The smallest absolute Gasteiger partial charge is 0.134 e. The van der Waals surface area contributed by atoms with E-state index < -0.39 is 0 Å². The Labute approximate surface area is 137 Å². The third kappa shape index (κ3) is 3.20. The average molecular weight is 305 g/mol. The summed E-state index contributed by atoms with van der Waals surface area (Å²) in [7, 11) is 0. The zero-order valence-electron chi connectivity index (χ0n) is 13.9. The fourth-order valence-corrected chi connectivity index (χ4v) is 2.69. The molecule has 0 spiro atoms. The second-order valence-electron chi connectivity index (χ2n) is 6.84. The Morgan fingerprint density at radius 3 is 2.22 bits per heavy atom. The molecule has 0 aliphatic carbocycles. The molecular weight excluding hydrogens is 282 g/mol. The van der Waals surface area contributed by atoms with Gasteiger partial charge in [-0.05, 0) is 28.7 Å². The normalized spacial score (nSPS) is 13.0. The highest BCUT2D eigenvalue weighted by Gasteiger charge is 2.18. The van der Waals surface area contributed by atoms with Crippen LogP contribution in [0.4, 0.5) is 0 Å². The van der Waals surface area contributed by atoms with Gasteiger partial charge in [0.25, 0.3) is 0 Å². The van der Waals surface area contributed by atoms with Gasteiger partial charge in [-0.25, -0.2) is 4.98 Å². The van der Waals surface area contributed by atoms with Crippen molar-refractivity contribution in [2.75, 3.05) is 0 Å². The molecule has 2 N–H and O–H groups in total. The maximum Gasteiger partial charge on any atom is 0.134 e. The maximum absolute atomic E-state index is 6.47. The molecule has 0 saturated heterocycles. The van der Waals surface area contributed by atoms with Crippen LogP contribution in [-0.4, -0.2) is 9.55 Å². The third-order valence-electron chi connectivity index (χ3n) is 4.12. The van der Waals surface area contributed by atoms with Crippen LogP contribution in [-0.2, 0) is 5.41 Å². The molecule has 0 aliphatic heterocycles. The van der Waals surface area contributed by atoms with Gasteiger partial charge < -0.3 is 10.3 Å². The Morgan fingerprint density at radius 2 is 1.61 bits per heavy atom. The van der Waals surface area contributed by atoms with Crippen LogP contribution < -0.4 is 5.73 Å². The summed E-state index contributed by atoms with van der Waals surface area (Å²) in [6.45, 7) is 6.64. The number of rotatable bonds is 3. The molecule has 2 aromatic carbocycles. The Hall–Kier alpha value is -2.39. The molecule has 1 aromatic heterocycles. The van der Waals surface area contributed by atoms with E-state index in [0.29, 0.717) is 0 Å². The maximum atomic E-state index is 6.47. The first-order valence-corrected chi connectivity index (χ1v) is 7.91. The monoisotopic (exact) mass is 305 g/mol. The SMILES string of the molecule is CC(C)(C)c1ccc(C(N)c2nccn2-c2ccccc2)cc1. The van der Waals surface area contributed by atoms with Gasteiger partial charge in [-0.1, -0.05) is 63.2 Å². The molecule has 1 unspecified atom stereocenters. The molecular formula is C20H23N3. The highest BCUT2D eigenvalue weighted by molar-refractivity contribution is 5.37. The lowest BCUT2D eigenvalue weighted by molar-refractivity contribution is 0.589. The minimum absolute atomic E-state index is 0.144. The van der Waals surface area contributed by atoms with Gasteiger partial charge in [0, 0.05) is 18.1 Å². The summed E-state index contributed by atoms with van der Waals surface area (Å²) in [4.78, 5) is 4.48. The van der Waals surface area contributed by atoms with Gasteiger partial charge in [-0.3, -0.25) is 0 Å². The number of benzene rings is 2. The molecule has 3 aromatic rings. The van der Waals surface area contributed by atoms with Gasteiger partial charge in [0.2, 0.25) is 0 Å². The van der Waals surface area contributed by atoms with Crippen LogP contribution in [0, 0.1) is 0 Å². The standard InChI is InChI=1S/C20H23N3/c1-20(2,3)16-11-9-15(10-12-16)18(21)19-22-13-14-23(19)17-7-5-4-6-8-17/h4-14,18H,21H2,1-3H3. The van der Waals surface area contributed by atoms with Crippen LogP contribution in [0.5, 0.6) is 0 Å². The van der Waals surface area contributed by atoms with Crippen molar-refractivity contribution in [3.8, 4) is 5.69 Å². The first kappa shape index (κ1) is 15.5. The topological polar surface area (TPSA) is 43.8 Å². The predicted octanol–water partition coefficient (Wildman–Crippen LogP) is 4.22. The third-order valence-corrected chi connectivity index (χ3v) is 4.12. The Kier molecular flexibility index (Phi) is 4.05.